The molecule has 6 nitrogen and oxygen atoms in total. The standard InChI is InChI=1S/C25H20ClFN2O4S/c1-28-20-11-8-16(26)13-23(20)34(32,33)14-22(30)24-25(31)19-5-3-2-4-18(19)21(29-24)12-15-6-9-17(27)10-7-15/h2-11,13,28,31H,12,14H2,1H3. The van der Waals surface area contributed by atoms with Crippen molar-refractivity contribution in [1.29, 1.82) is 0 Å². The summed E-state index contributed by atoms with van der Waals surface area (Å²) in [4.78, 5) is 17.4. The van der Waals surface area contributed by atoms with Gasteiger partial charge in [-0.1, -0.05) is 48.0 Å². The molecule has 1 aromatic heterocycles. The average Bonchev–Trinajstić information content (AvgIpc) is 2.82. The van der Waals surface area contributed by atoms with E-state index in [1.54, 1.807) is 43.4 Å². The summed E-state index contributed by atoms with van der Waals surface area (Å²) in [5, 5.41) is 14.8. The first-order chi connectivity index (χ1) is 16.2. The largest absolute Gasteiger partial charge is 0.505 e. The normalized spacial score (nSPS) is 11.5. The highest BCUT2D eigenvalue weighted by Crippen LogP contribution is 2.32. The van der Waals surface area contributed by atoms with Crippen molar-refractivity contribution in [2.75, 3.05) is 18.1 Å². The molecule has 0 amide bonds. The molecule has 174 valence electrons. The van der Waals surface area contributed by atoms with Gasteiger partial charge in [0.05, 0.1) is 16.3 Å². The molecule has 4 rings (SSSR count). The molecular formula is C25H20ClFN2O4S. The Bertz CT molecular complexity index is 1510. The van der Waals surface area contributed by atoms with Crippen molar-refractivity contribution < 1.29 is 22.7 Å². The van der Waals surface area contributed by atoms with Crippen molar-refractivity contribution in [2.45, 2.75) is 11.3 Å². The Balaban J connectivity index is 1.77. The van der Waals surface area contributed by atoms with Crippen LogP contribution in [0.3, 0.4) is 0 Å². The maximum Gasteiger partial charge on any atom is 0.200 e. The third-order valence-electron chi connectivity index (χ3n) is 5.38. The van der Waals surface area contributed by atoms with Gasteiger partial charge in [0.2, 0.25) is 0 Å². The average molecular weight is 499 g/mol. The van der Waals surface area contributed by atoms with Gasteiger partial charge in [0.25, 0.3) is 0 Å². The van der Waals surface area contributed by atoms with E-state index in [1.807, 2.05) is 0 Å². The van der Waals surface area contributed by atoms with Crippen molar-refractivity contribution >= 4 is 43.7 Å². The Hall–Kier alpha value is -3.49. The van der Waals surface area contributed by atoms with E-state index in [2.05, 4.69) is 10.3 Å². The molecule has 0 bridgehead atoms. The number of hydrogen-bond donors (Lipinski definition) is 2. The quantitative estimate of drug-likeness (QED) is 0.347. The lowest BCUT2D eigenvalue weighted by Gasteiger charge is -2.13. The molecule has 0 saturated carbocycles. The predicted molar refractivity (Wildman–Crippen MR) is 130 cm³/mol. The molecule has 0 aliphatic carbocycles. The summed E-state index contributed by atoms with van der Waals surface area (Å²) in [6.45, 7) is 0. The molecule has 1 heterocycles. The minimum Gasteiger partial charge on any atom is -0.505 e. The number of fused-ring (bicyclic) bond motifs is 1. The number of nitrogens with zero attached hydrogens (tertiary/aromatic N) is 1. The van der Waals surface area contributed by atoms with E-state index in [9.17, 15) is 22.7 Å². The van der Waals surface area contributed by atoms with Crippen molar-refractivity contribution in [3.8, 4) is 5.75 Å². The number of hydrogen-bond acceptors (Lipinski definition) is 6. The number of rotatable bonds is 7. The monoisotopic (exact) mass is 498 g/mol. The molecule has 4 aromatic rings. The number of aromatic nitrogens is 1. The molecule has 0 spiro atoms. The number of carbonyl (C=O) groups is 1. The number of halogens is 2. The summed E-state index contributed by atoms with van der Waals surface area (Å²) in [6.07, 6.45) is 0.256. The number of benzene rings is 3. The summed E-state index contributed by atoms with van der Waals surface area (Å²) in [6, 6.07) is 17.0. The lowest BCUT2D eigenvalue weighted by Crippen LogP contribution is -2.19. The van der Waals surface area contributed by atoms with Crippen LogP contribution in [0.2, 0.25) is 5.02 Å². The second-order valence-electron chi connectivity index (χ2n) is 7.68. The van der Waals surface area contributed by atoms with Crippen molar-refractivity contribution in [2.24, 2.45) is 0 Å². The van der Waals surface area contributed by atoms with Gasteiger partial charge in [0.1, 0.15) is 17.3 Å². The molecule has 2 N–H and O–H groups in total. The Morgan fingerprint density at radius 1 is 1.06 bits per heavy atom. The van der Waals surface area contributed by atoms with Crippen LogP contribution in [0, 0.1) is 5.82 Å². The minimum absolute atomic E-state index is 0.123. The van der Waals surface area contributed by atoms with E-state index in [-0.39, 0.29) is 27.9 Å². The molecule has 0 aliphatic rings. The van der Waals surface area contributed by atoms with Gasteiger partial charge >= 0.3 is 0 Å². The van der Waals surface area contributed by atoms with Gasteiger partial charge < -0.3 is 10.4 Å². The molecule has 34 heavy (non-hydrogen) atoms. The molecule has 9 heteroatoms. The highest BCUT2D eigenvalue weighted by molar-refractivity contribution is 7.92. The van der Waals surface area contributed by atoms with Crippen LogP contribution in [-0.2, 0) is 16.3 Å². The Morgan fingerprint density at radius 3 is 2.41 bits per heavy atom. The SMILES string of the molecule is CNc1ccc(Cl)cc1S(=O)(=O)CC(=O)c1nc(Cc2ccc(F)cc2)c2ccccc2c1O. The van der Waals surface area contributed by atoms with Gasteiger partial charge in [0.15, 0.2) is 21.4 Å². The number of anilines is 1. The van der Waals surface area contributed by atoms with Crippen LogP contribution in [0.25, 0.3) is 10.8 Å². The van der Waals surface area contributed by atoms with Crippen molar-refractivity contribution in [3.05, 3.63) is 94.5 Å². The van der Waals surface area contributed by atoms with Crippen LogP contribution in [0.5, 0.6) is 5.75 Å². The molecular weight excluding hydrogens is 479 g/mol. The van der Waals surface area contributed by atoms with Gasteiger partial charge in [-0.15, -0.1) is 0 Å². The lowest BCUT2D eigenvalue weighted by molar-refractivity contribution is 0.101. The molecule has 3 aromatic carbocycles. The first kappa shape index (κ1) is 23.7. The maximum atomic E-state index is 13.3. The van der Waals surface area contributed by atoms with E-state index in [0.29, 0.717) is 22.2 Å². The maximum absolute atomic E-state index is 13.3. The number of carbonyl (C=O) groups excluding carboxylic acids is 1. The zero-order valence-electron chi connectivity index (χ0n) is 18.0. The van der Waals surface area contributed by atoms with E-state index < -0.39 is 27.1 Å². The smallest absolute Gasteiger partial charge is 0.200 e. The number of sulfone groups is 1. The van der Waals surface area contributed by atoms with Crippen LogP contribution >= 0.6 is 11.6 Å². The summed E-state index contributed by atoms with van der Waals surface area (Å²) >= 11 is 5.98. The summed E-state index contributed by atoms with van der Waals surface area (Å²) < 4.78 is 39.4. The Kier molecular flexibility index (Phi) is 6.54. The second-order valence-corrected chi connectivity index (χ2v) is 10.1. The van der Waals surface area contributed by atoms with Gasteiger partial charge in [-0.3, -0.25) is 4.79 Å². The van der Waals surface area contributed by atoms with Crippen LogP contribution in [0.1, 0.15) is 21.7 Å². The van der Waals surface area contributed by atoms with E-state index in [0.717, 1.165) is 5.56 Å². The predicted octanol–water partition coefficient (Wildman–Crippen LogP) is 5.02. The summed E-state index contributed by atoms with van der Waals surface area (Å²) in [7, 11) is -2.55. The number of Topliss-reactive ketones (excluding diaryl/α,β-unsaturated/α-hetero) is 1. The van der Waals surface area contributed by atoms with Gasteiger partial charge in [-0.05, 0) is 35.9 Å². The zero-order valence-corrected chi connectivity index (χ0v) is 19.6. The summed E-state index contributed by atoms with van der Waals surface area (Å²) in [5.41, 5.74) is 1.16. The highest BCUT2D eigenvalue weighted by Gasteiger charge is 2.27. The van der Waals surface area contributed by atoms with Gasteiger partial charge in [0, 0.05) is 29.3 Å². The molecule has 0 radical (unpaired) electrons. The first-order valence-corrected chi connectivity index (χ1v) is 12.3. The second kappa shape index (κ2) is 9.40. The molecule has 0 fully saturated rings. The number of ketones is 1. The van der Waals surface area contributed by atoms with Crippen LogP contribution in [0.15, 0.2) is 71.6 Å². The number of nitrogens with one attached hydrogen (secondary N) is 1. The topological polar surface area (TPSA) is 96.4 Å². The molecule has 0 atom stereocenters. The fourth-order valence-electron chi connectivity index (χ4n) is 3.72. The minimum atomic E-state index is -4.11. The highest BCUT2D eigenvalue weighted by atomic mass is 35.5. The third kappa shape index (κ3) is 4.73. The lowest BCUT2D eigenvalue weighted by atomic mass is 10.0. The van der Waals surface area contributed by atoms with Crippen molar-refractivity contribution in [1.82, 2.24) is 4.98 Å². The van der Waals surface area contributed by atoms with Crippen molar-refractivity contribution in [3.63, 3.8) is 0 Å². The molecule has 0 unspecified atom stereocenters. The Morgan fingerprint density at radius 2 is 1.74 bits per heavy atom. The summed E-state index contributed by atoms with van der Waals surface area (Å²) in [5.74, 6) is -2.53. The third-order valence-corrected chi connectivity index (χ3v) is 7.27. The first-order valence-electron chi connectivity index (χ1n) is 10.3. The zero-order chi connectivity index (χ0) is 24.5. The van der Waals surface area contributed by atoms with Crippen LogP contribution in [0.4, 0.5) is 10.1 Å². The fraction of sp³-hybridized carbons (Fsp3) is 0.120. The molecule has 0 aliphatic heterocycles. The number of aromatic hydroxyl groups is 1. The van der Waals surface area contributed by atoms with Gasteiger partial charge in [-0.25, -0.2) is 17.8 Å². The molecule has 0 saturated heterocycles. The van der Waals surface area contributed by atoms with E-state index in [1.165, 1.54) is 30.3 Å². The van der Waals surface area contributed by atoms with E-state index in [4.69, 9.17) is 11.6 Å². The van der Waals surface area contributed by atoms with Crippen LogP contribution in [-0.4, -0.2) is 37.1 Å². The Labute approximate surface area is 201 Å². The number of pyridine rings is 1. The van der Waals surface area contributed by atoms with Crippen LogP contribution < -0.4 is 5.32 Å². The van der Waals surface area contributed by atoms with E-state index >= 15 is 0 Å². The van der Waals surface area contributed by atoms with Gasteiger partial charge in [-0.2, -0.15) is 0 Å². The fourth-order valence-corrected chi connectivity index (χ4v) is 5.41.